The first-order chi connectivity index (χ1) is 10.3. The summed E-state index contributed by atoms with van der Waals surface area (Å²) in [6, 6.07) is 7.66. The summed E-state index contributed by atoms with van der Waals surface area (Å²) in [5.74, 6) is 0.0446. The lowest BCUT2D eigenvalue weighted by molar-refractivity contribution is 0.0711. The van der Waals surface area contributed by atoms with E-state index in [0.29, 0.717) is 24.9 Å². The number of benzene rings is 1. The third kappa shape index (κ3) is 5.11. The maximum absolute atomic E-state index is 12.5. The van der Waals surface area contributed by atoms with Crippen molar-refractivity contribution in [2.75, 3.05) is 13.1 Å². The van der Waals surface area contributed by atoms with Crippen molar-refractivity contribution in [2.45, 2.75) is 57.7 Å². The zero-order valence-corrected chi connectivity index (χ0v) is 13.6. The summed E-state index contributed by atoms with van der Waals surface area (Å²) in [6.45, 7) is 4.95. The van der Waals surface area contributed by atoms with E-state index >= 15 is 0 Å². The fourth-order valence-electron chi connectivity index (χ4n) is 2.73. The van der Waals surface area contributed by atoms with Crippen molar-refractivity contribution in [1.29, 1.82) is 0 Å². The molecule has 0 radical (unpaired) electrons. The molecule has 2 N–H and O–H groups in total. The van der Waals surface area contributed by atoms with Gasteiger partial charge in [-0.05, 0) is 63.6 Å². The molecule has 1 atom stereocenters. The van der Waals surface area contributed by atoms with E-state index in [9.17, 15) is 15.0 Å². The Morgan fingerprint density at radius 3 is 2.55 bits per heavy atom. The molecular formula is C18H27NO3. The maximum Gasteiger partial charge on any atom is 0.253 e. The van der Waals surface area contributed by atoms with Crippen LogP contribution in [0, 0.1) is 0 Å². The van der Waals surface area contributed by atoms with Gasteiger partial charge in [-0.25, -0.2) is 0 Å². The summed E-state index contributed by atoms with van der Waals surface area (Å²) in [4.78, 5) is 14.3. The van der Waals surface area contributed by atoms with Gasteiger partial charge in [-0.3, -0.25) is 4.79 Å². The minimum atomic E-state index is -0.665. The highest BCUT2D eigenvalue weighted by Gasteiger charge is 2.20. The third-order valence-electron chi connectivity index (χ3n) is 4.21. The number of aliphatic hydroxyl groups excluding tert-OH is 1. The van der Waals surface area contributed by atoms with Crippen molar-refractivity contribution >= 4 is 5.91 Å². The van der Waals surface area contributed by atoms with Crippen molar-refractivity contribution in [3.05, 3.63) is 35.4 Å². The molecule has 0 bridgehead atoms. The van der Waals surface area contributed by atoms with E-state index in [0.717, 1.165) is 31.4 Å². The second-order valence-corrected chi connectivity index (χ2v) is 6.89. The summed E-state index contributed by atoms with van der Waals surface area (Å²) >= 11 is 0. The molecule has 1 aliphatic heterocycles. The standard InChI is InChI=1S/C18H27NO3/c1-18(2,22)11-9-14-5-7-15(8-6-14)17(21)19-12-3-4-16(20)10-13-19/h5-8,16,20,22H,3-4,9-13H2,1-2H3/t16-/m1/s1. The Balaban J connectivity index is 1.96. The fourth-order valence-corrected chi connectivity index (χ4v) is 2.73. The van der Waals surface area contributed by atoms with Crippen LogP contribution in [0.4, 0.5) is 0 Å². The van der Waals surface area contributed by atoms with Gasteiger partial charge in [0.2, 0.25) is 0 Å². The van der Waals surface area contributed by atoms with E-state index in [4.69, 9.17) is 0 Å². The van der Waals surface area contributed by atoms with Crippen LogP contribution in [-0.2, 0) is 6.42 Å². The van der Waals surface area contributed by atoms with Gasteiger partial charge in [-0.2, -0.15) is 0 Å². The zero-order valence-electron chi connectivity index (χ0n) is 13.6. The Kier molecular flexibility index (Phi) is 5.59. The van der Waals surface area contributed by atoms with E-state index in [-0.39, 0.29) is 12.0 Å². The molecule has 0 aromatic heterocycles. The van der Waals surface area contributed by atoms with Gasteiger partial charge in [0, 0.05) is 18.7 Å². The Bertz CT molecular complexity index is 490. The topological polar surface area (TPSA) is 60.8 Å². The number of hydrogen-bond donors (Lipinski definition) is 2. The molecule has 1 fully saturated rings. The molecule has 1 aliphatic rings. The molecule has 0 spiro atoms. The second-order valence-electron chi connectivity index (χ2n) is 6.89. The molecule has 1 amide bonds. The predicted octanol–water partition coefficient (Wildman–Crippen LogP) is 2.38. The predicted molar refractivity (Wildman–Crippen MR) is 86.8 cm³/mol. The van der Waals surface area contributed by atoms with Crippen LogP contribution in [-0.4, -0.2) is 45.8 Å². The Morgan fingerprint density at radius 2 is 1.91 bits per heavy atom. The van der Waals surface area contributed by atoms with Crippen LogP contribution in [0.2, 0.25) is 0 Å². The van der Waals surface area contributed by atoms with E-state index in [1.165, 1.54) is 0 Å². The maximum atomic E-state index is 12.5. The first-order valence-corrected chi connectivity index (χ1v) is 8.14. The molecule has 4 nitrogen and oxygen atoms in total. The molecule has 1 aromatic carbocycles. The van der Waals surface area contributed by atoms with E-state index in [2.05, 4.69) is 0 Å². The number of rotatable bonds is 4. The first-order valence-electron chi connectivity index (χ1n) is 8.14. The lowest BCUT2D eigenvalue weighted by atomic mass is 9.98. The summed E-state index contributed by atoms with van der Waals surface area (Å²) in [5.41, 5.74) is 1.16. The van der Waals surface area contributed by atoms with Crippen LogP contribution in [0.5, 0.6) is 0 Å². The molecule has 0 saturated carbocycles. The first kappa shape index (κ1) is 17.0. The van der Waals surface area contributed by atoms with Gasteiger partial charge in [0.1, 0.15) is 0 Å². The lowest BCUT2D eigenvalue weighted by Crippen LogP contribution is -2.32. The average molecular weight is 305 g/mol. The summed E-state index contributed by atoms with van der Waals surface area (Å²) in [5, 5.41) is 19.4. The van der Waals surface area contributed by atoms with E-state index < -0.39 is 5.60 Å². The van der Waals surface area contributed by atoms with Gasteiger partial charge < -0.3 is 15.1 Å². The summed E-state index contributed by atoms with van der Waals surface area (Å²) in [6.07, 6.45) is 3.52. The fraction of sp³-hybridized carbons (Fsp3) is 0.611. The number of carbonyl (C=O) groups is 1. The number of nitrogens with zero attached hydrogens (tertiary/aromatic N) is 1. The van der Waals surface area contributed by atoms with Crippen LogP contribution in [0.1, 0.15) is 55.5 Å². The lowest BCUT2D eigenvalue weighted by Gasteiger charge is -2.20. The molecule has 1 aromatic rings. The number of aryl methyl sites for hydroxylation is 1. The molecule has 0 unspecified atom stereocenters. The van der Waals surface area contributed by atoms with Crippen molar-refractivity contribution < 1.29 is 15.0 Å². The van der Waals surface area contributed by atoms with E-state index in [1.54, 1.807) is 13.8 Å². The van der Waals surface area contributed by atoms with Crippen molar-refractivity contribution in [3.8, 4) is 0 Å². The number of likely N-dealkylation sites (tertiary alicyclic amines) is 1. The molecule has 122 valence electrons. The third-order valence-corrected chi connectivity index (χ3v) is 4.21. The molecule has 0 aliphatic carbocycles. The monoisotopic (exact) mass is 305 g/mol. The van der Waals surface area contributed by atoms with Crippen molar-refractivity contribution in [2.24, 2.45) is 0 Å². The van der Waals surface area contributed by atoms with E-state index in [1.807, 2.05) is 29.2 Å². The minimum Gasteiger partial charge on any atom is -0.393 e. The number of amides is 1. The quantitative estimate of drug-likeness (QED) is 0.898. The Morgan fingerprint density at radius 1 is 1.23 bits per heavy atom. The van der Waals surface area contributed by atoms with Gasteiger partial charge in [-0.15, -0.1) is 0 Å². The number of aliphatic hydroxyl groups is 2. The van der Waals surface area contributed by atoms with Crippen LogP contribution >= 0.6 is 0 Å². The SMILES string of the molecule is CC(C)(O)CCc1ccc(C(=O)N2CCC[C@@H](O)CC2)cc1. The van der Waals surface area contributed by atoms with Gasteiger partial charge in [0.05, 0.1) is 11.7 Å². The molecular weight excluding hydrogens is 278 g/mol. The van der Waals surface area contributed by atoms with Gasteiger partial charge in [-0.1, -0.05) is 12.1 Å². The minimum absolute atomic E-state index is 0.0446. The zero-order chi connectivity index (χ0) is 16.2. The van der Waals surface area contributed by atoms with Gasteiger partial charge >= 0.3 is 0 Å². The highest BCUT2D eigenvalue weighted by Crippen LogP contribution is 2.17. The molecule has 1 saturated heterocycles. The van der Waals surface area contributed by atoms with Crippen LogP contribution in [0.15, 0.2) is 24.3 Å². The van der Waals surface area contributed by atoms with Gasteiger partial charge in [0.15, 0.2) is 0 Å². The summed E-state index contributed by atoms with van der Waals surface area (Å²) < 4.78 is 0. The Hall–Kier alpha value is -1.39. The number of carbonyl (C=O) groups excluding carboxylic acids is 1. The van der Waals surface area contributed by atoms with Crippen molar-refractivity contribution in [1.82, 2.24) is 4.90 Å². The highest BCUT2D eigenvalue weighted by molar-refractivity contribution is 5.94. The largest absolute Gasteiger partial charge is 0.393 e. The molecule has 1 heterocycles. The smallest absolute Gasteiger partial charge is 0.253 e. The molecule has 2 rings (SSSR count). The summed E-state index contributed by atoms with van der Waals surface area (Å²) in [7, 11) is 0. The number of hydrogen-bond acceptors (Lipinski definition) is 3. The van der Waals surface area contributed by atoms with Crippen LogP contribution in [0.25, 0.3) is 0 Å². The normalized spacial score (nSPS) is 19.8. The molecule has 4 heteroatoms. The van der Waals surface area contributed by atoms with Gasteiger partial charge in [0.25, 0.3) is 5.91 Å². The van der Waals surface area contributed by atoms with Crippen LogP contribution in [0.3, 0.4) is 0 Å². The van der Waals surface area contributed by atoms with Crippen LogP contribution < -0.4 is 0 Å². The average Bonchev–Trinajstić information content (AvgIpc) is 2.69. The second kappa shape index (κ2) is 7.25. The molecule has 22 heavy (non-hydrogen) atoms. The van der Waals surface area contributed by atoms with Crippen molar-refractivity contribution in [3.63, 3.8) is 0 Å². The Labute approximate surface area is 132 Å². The highest BCUT2D eigenvalue weighted by atomic mass is 16.3.